The van der Waals surface area contributed by atoms with Crippen molar-refractivity contribution in [1.82, 2.24) is 16.0 Å². The molecule has 0 bridgehead atoms. The lowest BCUT2D eigenvalue weighted by Crippen LogP contribution is -2.70. The number of hydrogen-bond acceptors (Lipinski definition) is 18. The molecule has 0 aliphatic carbocycles. The fourth-order valence-electron chi connectivity index (χ4n) is 5.58. The summed E-state index contributed by atoms with van der Waals surface area (Å²) >= 11 is 0. The fourth-order valence-corrected chi connectivity index (χ4v) is 5.58. The first kappa shape index (κ1) is 42.8. The summed E-state index contributed by atoms with van der Waals surface area (Å²) in [6, 6.07) is -7.95. The van der Waals surface area contributed by atoms with Gasteiger partial charge in [0, 0.05) is 19.3 Å². The van der Waals surface area contributed by atoms with E-state index in [2.05, 4.69) is 16.0 Å². The quantitative estimate of drug-likeness (QED) is 0.0618. The average molecular weight is 756 g/mol. The molecule has 296 valence electrons. The highest BCUT2D eigenvalue weighted by atomic mass is 16.8. The van der Waals surface area contributed by atoms with E-state index in [1.807, 2.05) is 0 Å². The molecule has 15 N–H and O–H groups in total. The number of nitrogens with one attached hydrogen (secondary N) is 3. The number of carboxylic acids is 3. The van der Waals surface area contributed by atoms with E-state index < -0.39 is 160 Å². The first-order valence-electron chi connectivity index (χ1n) is 16.1. The standard InChI is InChI=1S/C28H45N5O19/c29-9(1-4-14(35)36)23(43)31-10(2-5-15(37)38)24(44)32-11(3-6-16(39)40)25(45)33-18-20(42)21(12(7-34)49-26(18)46)51-27-17(30)19(41)22-13(50-27)8-48-28(47)52-22/h9-13,17-22,26-28,34,41-42,46-47H,1-8,29-30H2,(H,31,43)(H,32,44)(H,33,45)(H,35,36)(H,37,38)(H,39,40)/t9-,10-,11-,12?,13?,17?,18?,19+,20+,21+,22+,26+,27-,28?/m0/s1. The van der Waals surface area contributed by atoms with Crippen LogP contribution in [0.4, 0.5) is 0 Å². The van der Waals surface area contributed by atoms with E-state index in [-0.39, 0.29) is 13.0 Å². The molecule has 3 amide bonds. The minimum Gasteiger partial charge on any atom is -0.481 e. The van der Waals surface area contributed by atoms with Crippen molar-refractivity contribution in [3.05, 3.63) is 0 Å². The summed E-state index contributed by atoms with van der Waals surface area (Å²) in [7, 11) is 0. The van der Waals surface area contributed by atoms with Gasteiger partial charge in [-0.3, -0.25) is 28.8 Å². The smallest absolute Gasteiger partial charge is 0.303 e. The maximum absolute atomic E-state index is 13.5. The Labute approximate surface area is 294 Å². The largest absolute Gasteiger partial charge is 0.481 e. The van der Waals surface area contributed by atoms with Crippen molar-refractivity contribution in [1.29, 1.82) is 0 Å². The molecular formula is C28H45N5O19. The fraction of sp³-hybridized carbons (Fsp3) is 0.786. The van der Waals surface area contributed by atoms with Crippen LogP contribution in [0.1, 0.15) is 38.5 Å². The second kappa shape index (κ2) is 19.4. The molecule has 5 unspecified atom stereocenters. The number of aliphatic hydroxyl groups is 5. The second-order valence-corrected chi connectivity index (χ2v) is 12.3. The van der Waals surface area contributed by atoms with Gasteiger partial charge in [0.15, 0.2) is 12.6 Å². The number of fused-ring (bicyclic) bond motifs is 1. The zero-order valence-electron chi connectivity index (χ0n) is 27.5. The highest BCUT2D eigenvalue weighted by Gasteiger charge is 2.52. The second-order valence-electron chi connectivity index (χ2n) is 12.3. The normalized spacial score (nSPS) is 33.4. The van der Waals surface area contributed by atoms with Crippen LogP contribution in [0, 0.1) is 0 Å². The Morgan fingerprint density at radius 3 is 1.90 bits per heavy atom. The first-order chi connectivity index (χ1) is 24.4. The van der Waals surface area contributed by atoms with E-state index in [1.54, 1.807) is 0 Å². The topological polar surface area (TPSA) is 399 Å². The van der Waals surface area contributed by atoms with E-state index >= 15 is 0 Å². The molecule has 3 saturated heterocycles. The number of hydrogen-bond donors (Lipinski definition) is 13. The van der Waals surface area contributed by atoms with Gasteiger partial charge in [-0.2, -0.15) is 0 Å². The van der Waals surface area contributed by atoms with Crippen LogP contribution in [0.5, 0.6) is 0 Å². The molecule has 0 aromatic rings. The number of ether oxygens (including phenoxy) is 5. The monoisotopic (exact) mass is 755 g/mol. The Morgan fingerprint density at radius 2 is 1.33 bits per heavy atom. The maximum Gasteiger partial charge on any atom is 0.303 e. The molecule has 24 heteroatoms. The molecular weight excluding hydrogens is 710 g/mol. The van der Waals surface area contributed by atoms with Crippen molar-refractivity contribution in [2.24, 2.45) is 11.5 Å². The summed E-state index contributed by atoms with van der Waals surface area (Å²) in [6.07, 6.45) is -15.5. The number of carbonyl (C=O) groups is 6. The van der Waals surface area contributed by atoms with Gasteiger partial charge in [-0.15, -0.1) is 0 Å². The van der Waals surface area contributed by atoms with Gasteiger partial charge in [0.25, 0.3) is 6.48 Å². The lowest BCUT2D eigenvalue weighted by Gasteiger charge is -2.48. The molecule has 52 heavy (non-hydrogen) atoms. The number of carboxylic acid groups (broad SMARTS) is 3. The van der Waals surface area contributed by atoms with E-state index in [1.165, 1.54) is 0 Å². The lowest BCUT2D eigenvalue weighted by molar-refractivity contribution is -0.393. The zero-order chi connectivity index (χ0) is 38.9. The third kappa shape index (κ3) is 11.7. The van der Waals surface area contributed by atoms with E-state index in [4.69, 9.17) is 45.4 Å². The van der Waals surface area contributed by atoms with Crippen LogP contribution in [0.3, 0.4) is 0 Å². The molecule has 0 aromatic heterocycles. The number of aliphatic carboxylic acids is 3. The number of aliphatic hydroxyl groups excluding tert-OH is 5. The van der Waals surface area contributed by atoms with Gasteiger partial charge in [-0.1, -0.05) is 0 Å². The number of carbonyl (C=O) groups excluding carboxylic acids is 3. The molecule has 3 heterocycles. The van der Waals surface area contributed by atoms with Crippen molar-refractivity contribution in [2.75, 3.05) is 13.2 Å². The van der Waals surface area contributed by atoms with Gasteiger partial charge in [-0.25, -0.2) is 0 Å². The van der Waals surface area contributed by atoms with E-state index in [9.17, 15) is 59.4 Å². The third-order valence-electron chi connectivity index (χ3n) is 8.44. The van der Waals surface area contributed by atoms with Gasteiger partial charge in [0.1, 0.15) is 54.7 Å². The highest BCUT2D eigenvalue weighted by Crippen LogP contribution is 2.31. The molecule has 3 aliphatic rings. The van der Waals surface area contributed by atoms with Crippen LogP contribution in [-0.4, -0.2) is 176 Å². The zero-order valence-corrected chi connectivity index (χ0v) is 27.5. The van der Waals surface area contributed by atoms with Crippen molar-refractivity contribution in [2.45, 2.75) is 124 Å². The summed E-state index contributed by atoms with van der Waals surface area (Å²) in [5.41, 5.74) is 11.7. The minimum absolute atomic E-state index is 0.262. The molecule has 0 radical (unpaired) electrons. The number of amides is 3. The highest BCUT2D eigenvalue weighted by molar-refractivity contribution is 5.93. The Balaban J connectivity index is 1.76. The van der Waals surface area contributed by atoms with E-state index in [0.717, 1.165) is 0 Å². The van der Waals surface area contributed by atoms with Crippen LogP contribution in [-0.2, 0) is 52.5 Å². The Kier molecular flexibility index (Phi) is 16.0. The average Bonchev–Trinajstić information content (AvgIpc) is 3.08. The van der Waals surface area contributed by atoms with Crippen LogP contribution in [0.15, 0.2) is 0 Å². The maximum atomic E-state index is 13.5. The molecule has 14 atom stereocenters. The number of rotatable bonds is 18. The Morgan fingerprint density at radius 1 is 0.769 bits per heavy atom. The minimum atomic E-state index is -2.03. The summed E-state index contributed by atoms with van der Waals surface area (Å²) in [5, 5.41) is 85.9. The van der Waals surface area contributed by atoms with Gasteiger partial charge in [0.05, 0.1) is 25.3 Å². The molecule has 3 aliphatic heterocycles. The molecule has 3 fully saturated rings. The molecule has 24 nitrogen and oxygen atoms in total. The predicted octanol–water partition coefficient (Wildman–Crippen LogP) is -7.08. The molecule has 0 aromatic carbocycles. The lowest BCUT2D eigenvalue weighted by atomic mass is 9.94. The third-order valence-corrected chi connectivity index (χ3v) is 8.44. The Bertz CT molecular complexity index is 1280. The van der Waals surface area contributed by atoms with Crippen LogP contribution in [0.25, 0.3) is 0 Å². The SMILES string of the molecule is NC1[C@H](O[C@@H]2C(CO)O[C@@H](O)C(NC(=O)[C@H](CCC(=O)O)NC(=O)[C@H](CCC(=O)O)NC(=O)[C@@H](N)CCC(=O)O)[C@H]2O)OC2COC(O)O[C@H]2[C@@H]1O. The summed E-state index contributed by atoms with van der Waals surface area (Å²) in [6.45, 7) is -2.77. The van der Waals surface area contributed by atoms with Crippen molar-refractivity contribution in [3.8, 4) is 0 Å². The molecule has 0 spiro atoms. The summed E-state index contributed by atoms with van der Waals surface area (Å²) in [4.78, 5) is 72.7. The van der Waals surface area contributed by atoms with E-state index in [0.29, 0.717) is 0 Å². The van der Waals surface area contributed by atoms with Crippen molar-refractivity contribution in [3.63, 3.8) is 0 Å². The Hall–Kier alpha value is -3.66. The van der Waals surface area contributed by atoms with Gasteiger partial charge in [-0.05, 0) is 19.3 Å². The van der Waals surface area contributed by atoms with Gasteiger partial charge < -0.3 is 92.0 Å². The van der Waals surface area contributed by atoms with Crippen molar-refractivity contribution < 1.29 is 93.3 Å². The van der Waals surface area contributed by atoms with Gasteiger partial charge in [0.2, 0.25) is 17.7 Å². The van der Waals surface area contributed by atoms with Crippen LogP contribution >= 0.6 is 0 Å². The van der Waals surface area contributed by atoms with Crippen LogP contribution < -0.4 is 27.4 Å². The van der Waals surface area contributed by atoms with Crippen molar-refractivity contribution >= 4 is 35.6 Å². The number of nitrogens with two attached hydrogens (primary N) is 2. The summed E-state index contributed by atoms with van der Waals surface area (Å²) in [5.74, 6) is -7.38. The predicted molar refractivity (Wildman–Crippen MR) is 163 cm³/mol. The first-order valence-corrected chi connectivity index (χ1v) is 16.1. The molecule has 0 saturated carbocycles. The molecule has 3 rings (SSSR count). The van der Waals surface area contributed by atoms with Gasteiger partial charge >= 0.3 is 17.9 Å². The van der Waals surface area contributed by atoms with Crippen LogP contribution in [0.2, 0.25) is 0 Å². The summed E-state index contributed by atoms with van der Waals surface area (Å²) < 4.78 is 26.9.